The molecule has 33 heavy (non-hydrogen) atoms. The first-order chi connectivity index (χ1) is 16.1. The topological polar surface area (TPSA) is 46.3 Å². The number of rotatable bonds is 5. The monoisotopic (exact) mass is 461 g/mol. The average Bonchev–Trinajstić information content (AvgIpc) is 3.15. The van der Waals surface area contributed by atoms with Crippen molar-refractivity contribution in [2.75, 3.05) is 31.1 Å². The van der Waals surface area contributed by atoms with E-state index in [2.05, 4.69) is 60.7 Å². The zero-order valence-electron chi connectivity index (χ0n) is 18.4. The lowest BCUT2D eigenvalue weighted by Gasteiger charge is -2.36. The summed E-state index contributed by atoms with van der Waals surface area (Å²) >= 11 is 6.09. The van der Waals surface area contributed by atoms with Gasteiger partial charge in [0, 0.05) is 16.1 Å². The van der Waals surface area contributed by atoms with Crippen molar-refractivity contribution in [3.05, 3.63) is 101 Å². The highest BCUT2D eigenvalue weighted by molar-refractivity contribution is 6.31. The molecule has 2 aliphatic rings. The van der Waals surface area contributed by atoms with E-state index in [1.165, 1.54) is 25.8 Å². The van der Waals surface area contributed by atoms with Crippen molar-refractivity contribution >= 4 is 29.1 Å². The number of carbonyl (C=O) groups is 2. The summed E-state index contributed by atoms with van der Waals surface area (Å²) in [5, 5.41) is 0.522. The fourth-order valence-corrected chi connectivity index (χ4v) is 5.51. The van der Waals surface area contributed by atoms with Crippen molar-refractivity contribution in [2.45, 2.75) is 18.5 Å². The van der Waals surface area contributed by atoms with Crippen LogP contribution in [0.5, 0.6) is 0 Å². The van der Waals surface area contributed by atoms with Gasteiger partial charge in [-0.2, -0.15) is 0 Å². The first-order valence-corrected chi connectivity index (χ1v) is 11.9. The molecule has 1 atom stereocenters. The number of hydrogen-bond acceptors (Lipinski definition) is 2. The Balaban J connectivity index is 1.31. The summed E-state index contributed by atoms with van der Waals surface area (Å²) in [6, 6.07) is 28.2. The molecule has 0 spiro atoms. The molecule has 0 unspecified atom stereocenters. The zero-order chi connectivity index (χ0) is 22.8. The van der Waals surface area contributed by atoms with E-state index in [-0.39, 0.29) is 30.3 Å². The Kier molecular flexibility index (Phi) is 6.27. The second-order valence-corrected chi connectivity index (χ2v) is 9.31. The Bertz CT molecular complexity index is 1090. The smallest absolute Gasteiger partial charge is 0.292 e. The Morgan fingerprint density at radius 3 is 1.97 bits per heavy atom. The Morgan fingerprint density at radius 2 is 1.39 bits per heavy atom. The minimum atomic E-state index is -0.315. The van der Waals surface area contributed by atoms with Gasteiger partial charge in [-0.05, 0) is 18.2 Å². The molecule has 3 aromatic carbocycles. The number of quaternary nitrogens is 2. The largest absolute Gasteiger partial charge is 0.316 e. The van der Waals surface area contributed by atoms with Crippen LogP contribution >= 0.6 is 11.6 Å². The van der Waals surface area contributed by atoms with Crippen LogP contribution in [0, 0.1) is 0 Å². The summed E-state index contributed by atoms with van der Waals surface area (Å²) in [5.74, 6) is -0.246. The predicted molar refractivity (Wildman–Crippen MR) is 128 cm³/mol. The molecule has 2 amide bonds. The molecule has 0 saturated carbocycles. The van der Waals surface area contributed by atoms with Gasteiger partial charge >= 0.3 is 0 Å². The number of nitrogens with one attached hydrogen (secondary N) is 2. The second-order valence-electron chi connectivity index (χ2n) is 8.87. The second kappa shape index (κ2) is 9.48. The van der Waals surface area contributed by atoms with Gasteiger partial charge < -0.3 is 9.80 Å². The van der Waals surface area contributed by atoms with Crippen LogP contribution in [-0.4, -0.2) is 44.0 Å². The molecule has 5 rings (SSSR count). The number of anilines is 1. The van der Waals surface area contributed by atoms with Crippen LogP contribution in [0.2, 0.25) is 5.02 Å². The van der Waals surface area contributed by atoms with Crippen LogP contribution in [0.25, 0.3) is 0 Å². The third-order valence-electron chi connectivity index (χ3n) is 6.91. The normalized spacial score (nSPS) is 23.3. The van der Waals surface area contributed by atoms with Gasteiger partial charge in [0.1, 0.15) is 32.2 Å². The van der Waals surface area contributed by atoms with Crippen LogP contribution < -0.4 is 14.7 Å². The summed E-state index contributed by atoms with van der Waals surface area (Å²) in [5.41, 5.74) is 3.18. The molecule has 2 fully saturated rings. The van der Waals surface area contributed by atoms with E-state index in [9.17, 15) is 9.59 Å². The lowest BCUT2D eigenvalue weighted by atomic mass is 9.96. The van der Waals surface area contributed by atoms with Gasteiger partial charge in [-0.15, -0.1) is 0 Å². The van der Waals surface area contributed by atoms with Gasteiger partial charge in [0.25, 0.3) is 5.91 Å². The highest BCUT2D eigenvalue weighted by Crippen LogP contribution is 2.25. The first kappa shape index (κ1) is 21.8. The van der Waals surface area contributed by atoms with E-state index in [0.29, 0.717) is 10.7 Å². The van der Waals surface area contributed by atoms with Crippen LogP contribution in [0.4, 0.5) is 5.69 Å². The van der Waals surface area contributed by atoms with E-state index < -0.39 is 0 Å². The highest BCUT2D eigenvalue weighted by Gasteiger charge is 2.47. The molecular formula is C27H28ClN3O2+2. The molecule has 0 aromatic heterocycles. The average molecular weight is 462 g/mol. The third kappa shape index (κ3) is 4.44. The van der Waals surface area contributed by atoms with Crippen molar-refractivity contribution in [3.63, 3.8) is 0 Å². The van der Waals surface area contributed by atoms with E-state index in [1.807, 2.05) is 0 Å². The lowest BCUT2D eigenvalue weighted by Crippen LogP contribution is -3.30. The van der Waals surface area contributed by atoms with Crippen molar-refractivity contribution in [2.24, 2.45) is 0 Å². The molecule has 2 aliphatic heterocycles. The minimum Gasteiger partial charge on any atom is -0.316 e. The molecule has 0 bridgehead atoms. The number of piperazine rings is 1. The van der Waals surface area contributed by atoms with Gasteiger partial charge in [0.2, 0.25) is 5.91 Å². The number of amides is 2. The molecule has 2 N–H and O–H groups in total. The third-order valence-corrected chi connectivity index (χ3v) is 7.15. The van der Waals surface area contributed by atoms with E-state index in [0.717, 1.165) is 26.2 Å². The van der Waals surface area contributed by atoms with Gasteiger partial charge in [0.15, 0.2) is 6.04 Å². The summed E-state index contributed by atoms with van der Waals surface area (Å²) < 4.78 is 0. The predicted octanol–water partition coefficient (Wildman–Crippen LogP) is 1.54. The number of carbonyl (C=O) groups excluding carboxylic acids is 2. The molecule has 3 aromatic rings. The molecule has 5 nitrogen and oxygen atoms in total. The van der Waals surface area contributed by atoms with Gasteiger partial charge in [-0.25, -0.2) is 4.90 Å². The van der Waals surface area contributed by atoms with E-state index in [4.69, 9.17) is 11.6 Å². The van der Waals surface area contributed by atoms with Crippen LogP contribution in [-0.2, 0) is 9.59 Å². The zero-order valence-corrected chi connectivity index (χ0v) is 19.2. The Labute approximate surface area is 199 Å². The number of nitrogens with zero attached hydrogens (tertiary/aromatic N) is 1. The van der Waals surface area contributed by atoms with Crippen molar-refractivity contribution in [1.29, 1.82) is 0 Å². The Hall–Kier alpha value is -2.99. The van der Waals surface area contributed by atoms with E-state index >= 15 is 0 Å². The quantitative estimate of drug-likeness (QED) is 0.566. The summed E-state index contributed by atoms with van der Waals surface area (Å²) in [7, 11) is 0. The van der Waals surface area contributed by atoms with E-state index in [1.54, 1.807) is 24.3 Å². The standard InChI is InChI=1S/C27H26ClN3O2/c28-22-12-7-13-23(18-22)31-25(32)19-24(27(31)33)29-14-16-30(17-15-29)26(20-8-3-1-4-9-20)21-10-5-2-6-11-21/h1-13,18,24,26H,14-17,19H2/p+2/t24-/m0/s1. The SMILES string of the molecule is O=C1C[C@H]([NH+]2CC[NH+](C(c3ccccc3)c3ccccc3)CC2)C(=O)N1c1cccc(Cl)c1. The van der Waals surface area contributed by atoms with Gasteiger partial charge in [0.05, 0.1) is 12.1 Å². The van der Waals surface area contributed by atoms with Gasteiger partial charge in [-0.1, -0.05) is 78.3 Å². The first-order valence-electron chi connectivity index (χ1n) is 11.5. The molecule has 0 radical (unpaired) electrons. The number of benzene rings is 3. The van der Waals surface area contributed by atoms with Crippen molar-refractivity contribution in [3.8, 4) is 0 Å². The molecule has 2 saturated heterocycles. The number of halogens is 1. The fourth-order valence-electron chi connectivity index (χ4n) is 5.32. The molecule has 2 heterocycles. The van der Waals surface area contributed by atoms with Gasteiger partial charge in [-0.3, -0.25) is 9.59 Å². The summed E-state index contributed by atoms with van der Waals surface area (Å²) in [6.07, 6.45) is 0.261. The molecule has 6 heteroatoms. The van der Waals surface area contributed by atoms with Crippen LogP contribution in [0.15, 0.2) is 84.9 Å². The highest BCUT2D eigenvalue weighted by atomic mass is 35.5. The molecule has 0 aliphatic carbocycles. The molecule has 168 valence electrons. The maximum Gasteiger partial charge on any atom is 0.292 e. The molecular weight excluding hydrogens is 434 g/mol. The minimum absolute atomic E-state index is 0.108. The maximum atomic E-state index is 13.2. The van der Waals surface area contributed by atoms with Crippen molar-refractivity contribution < 1.29 is 19.4 Å². The summed E-state index contributed by atoms with van der Waals surface area (Å²) in [4.78, 5) is 30.0. The number of hydrogen-bond donors (Lipinski definition) is 2. The van der Waals surface area contributed by atoms with Crippen LogP contribution in [0.1, 0.15) is 23.6 Å². The van der Waals surface area contributed by atoms with Crippen molar-refractivity contribution in [1.82, 2.24) is 0 Å². The maximum absolute atomic E-state index is 13.2. The number of imide groups is 1. The van der Waals surface area contributed by atoms with Crippen LogP contribution in [0.3, 0.4) is 0 Å². The Morgan fingerprint density at radius 1 is 0.788 bits per heavy atom. The summed E-state index contributed by atoms with van der Waals surface area (Å²) in [6.45, 7) is 3.61. The fraction of sp³-hybridized carbons (Fsp3) is 0.259. The lowest BCUT2D eigenvalue weighted by molar-refractivity contribution is -1.03.